The van der Waals surface area contributed by atoms with E-state index in [0.29, 0.717) is 12.8 Å². The zero-order valence-electron chi connectivity index (χ0n) is 14.6. The lowest BCUT2D eigenvalue weighted by Gasteiger charge is -2.29. The van der Waals surface area contributed by atoms with Crippen LogP contribution in [0.1, 0.15) is 39.2 Å². The molecule has 1 fully saturated rings. The third-order valence-corrected chi connectivity index (χ3v) is 4.44. The highest BCUT2D eigenvalue weighted by Gasteiger charge is 2.42. The highest BCUT2D eigenvalue weighted by Crippen LogP contribution is 2.33. The number of ketones is 2. The smallest absolute Gasteiger partial charge is 0.325 e. The van der Waals surface area contributed by atoms with Crippen LogP contribution < -0.4 is 4.90 Å². The standard InChI is InChI=1S/C18H21N5O2/c1-18(2,3)12-4-6-13(7-5-12)23-14(16(24)10-21-19)8-9-15(23)17(25)11-22-20/h4-7,10-11,14-15H,8-9H2,1-3H3. The summed E-state index contributed by atoms with van der Waals surface area (Å²) in [5.74, 6) is -0.753. The topological polar surface area (TPSA) is 110 Å². The van der Waals surface area contributed by atoms with E-state index < -0.39 is 12.1 Å². The van der Waals surface area contributed by atoms with Gasteiger partial charge in [-0.3, -0.25) is 9.59 Å². The predicted molar refractivity (Wildman–Crippen MR) is 93.8 cm³/mol. The number of carbonyl (C=O) groups excluding carboxylic acids is 2. The molecule has 1 aliphatic rings. The molecule has 1 aromatic carbocycles. The number of hydrogen-bond donors (Lipinski definition) is 0. The van der Waals surface area contributed by atoms with Gasteiger partial charge in [-0.1, -0.05) is 32.9 Å². The first-order valence-corrected chi connectivity index (χ1v) is 8.11. The second-order valence-corrected chi connectivity index (χ2v) is 7.11. The van der Waals surface area contributed by atoms with Crippen LogP contribution in [0.4, 0.5) is 5.69 Å². The van der Waals surface area contributed by atoms with Crippen LogP contribution in [0, 0.1) is 0 Å². The van der Waals surface area contributed by atoms with E-state index >= 15 is 0 Å². The molecule has 0 saturated carbocycles. The number of anilines is 1. The van der Waals surface area contributed by atoms with Gasteiger partial charge in [-0.15, -0.1) is 0 Å². The Hall–Kier alpha value is -2.88. The Kier molecular flexibility index (Phi) is 5.42. The molecular weight excluding hydrogens is 318 g/mol. The van der Waals surface area contributed by atoms with Crippen molar-refractivity contribution >= 4 is 29.7 Å². The van der Waals surface area contributed by atoms with Crippen molar-refractivity contribution in [2.24, 2.45) is 0 Å². The van der Waals surface area contributed by atoms with Gasteiger partial charge in [0.2, 0.25) is 0 Å². The minimum Gasteiger partial charge on any atom is -0.361 e. The molecule has 1 heterocycles. The summed E-state index contributed by atoms with van der Waals surface area (Å²) >= 11 is 0. The number of nitrogens with zero attached hydrogens (tertiary/aromatic N) is 5. The van der Waals surface area contributed by atoms with Crippen LogP contribution in [0.15, 0.2) is 24.3 Å². The lowest BCUT2D eigenvalue weighted by atomic mass is 9.87. The first kappa shape index (κ1) is 18.5. The minimum atomic E-state index is -0.600. The summed E-state index contributed by atoms with van der Waals surface area (Å²) in [6, 6.07) is 6.49. The van der Waals surface area contributed by atoms with E-state index in [-0.39, 0.29) is 17.0 Å². The average Bonchev–Trinajstić information content (AvgIpc) is 2.99. The molecule has 2 unspecified atom stereocenters. The van der Waals surface area contributed by atoms with Crippen molar-refractivity contribution in [2.45, 2.75) is 51.1 Å². The SMILES string of the molecule is CC(C)(C)c1ccc(N2C(C(=O)C=[N+]=[N-])CCC2C(=O)C=[N+]=[N-])cc1. The minimum absolute atomic E-state index is 0.0128. The van der Waals surface area contributed by atoms with Crippen LogP contribution in [0.25, 0.3) is 11.1 Å². The van der Waals surface area contributed by atoms with Crippen LogP contribution in [0.3, 0.4) is 0 Å². The van der Waals surface area contributed by atoms with E-state index in [9.17, 15) is 9.59 Å². The quantitative estimate of drug-likeness (QED) is 0.465. The van der Waals surface area contributed by atoms with E-state index in [1.54, 1.807) is 4.90 Å². The molecule has 7 heteroatoms. The second-order valence-electron chi connectivity index (χ2n) is 7.11. The molecule has 0 aromatic heterocycles. The Bertz CT molecular complexity index is 728. The van der Waals surface area contributed by atoms with E-state index in [1.807, 2.05) is 24.3 Å². The van der Waals surface area contributed by atoms with Crippen LogP contribution in [0.5, 0.6) is 0 Å². The number of hydrogen-bond acceptors (Lipinski definition) is 3. The Morgan fingerprint density at radius 3 is 1.80 bits per heavy atom. The summed E-state index contributed by atoms with van der Waals surface area (Å²) < 4.78 is 0. The van der Waals surface area contributed by atoms with Gasteiger partial charge in [-0.2, -0.15) is 9.58 Å². The van der Waals surface area contributed by atoms with Crippen LogP contribution >= 0.6 is 0 Å². The molecule has 0 spiro atoms. The number of benzene rings is 1. The van der Waals surface area contributed by atoms with Gasteiger partial charge in [-0.05, 0) is 36.0 Å². The van der Waals surface area contributed by atoms with Crippen LogP contribution in [-0.2, 0) is 15.0 Å². The molecule has 1 aliphatic heterocycles. The van der Waals surface area contributed by atoms with Gasteiger partial charge in [0, 0.05) is 5.69 Å². The molecule has 0 aliphatic carbocycles. The fraction of sp³-hybridized carbons (Fsp3) is 0.444. The van der Waals surface area contributed by atoms with Crippen molar-refractivity contribution < 1.29 is 19.2 Å². The Balaban J connectivity index is 2.44. The fourth-order valence-corrected chi connectivity index (χ4v) is 3.15. The number of Topliss-reactive ketones (excluding diaryl/α,β-unsaturated/α-hetero) is 2. The summed E-state index contributed by atoms with van der Waals surface area (Å²) in [5, 5.41) is 0. The normalized spacial score (nSPS) is 19.7. The Morgan fingerprint density at radius 2 is 1.44 bits per heavy atom. The summed E-state index contributed by atoms with van der Waals surface area (Å²) in [6.45, 7) is 6.31. The van der Waals surface area contributed by atoms with Gasteiger partial charge < -0.3 is 16.0 Å². The molecule has 1 saturated heterocycles. The Morgan fingerprint density at radius 1 is 1.00 bits per heavy atom. The largest absolute Gasteiger partial charge is 0.361 e. The third-order valence-electron chi connectivity index (χ3n) is 4.44. The molecule has 2 rings (SSSR count). The summed E-state index contributed by atoms with van der Waals surface area (Å²) in [4.78, 5) is 31.8. The van der Waals surface area contributed by atoms with Crippen molar-refractivity contribution in [3.05, 3.63) is 40.9 Å². The maximum Gasteiger partial charge on any atom is 0.325 e. The van der Waals surface area contributed by atoms with Crippen molar-refractivity contribution in [2.75, 3.05) is 4.90 Å². The molecule has 2 atom stereocenters. The van der Waals surface area contributed by atoms with E-state index in [4.69, 9.17) is 11.1 Å². The van der Waals surface area contributed by atoms with Gasteiger partial charge in [0.15, 0.2) is 0 Å². The fourth-order valence-electron chi connectivity index (χ4n) is 3.15. The van der Waals surface area contributed by atoms with Crippen LogP contribution in [-0.4, -0.2) is 45.7 Å². The molecule has 1 aromatic rings. The molecule has 0 bridgehead atoms. The molecule has 25 heavy (non-hydrogen) atoms. The second kappa shape index (κ2) is 7.34. The maximum absolute atomic E-state index is 12.2. The summed E-state index contributed by atoms with van der Waals surface area (Å²) in [5.41, 5.74) is 19.1. The first-order valence-electron chi connectivity index (χ1n) is 8.11. The molecule has 0 radical (unpaired) electrons. The van der Waals surface area contributed by atoms with Gasteiger partial charge in [0.25, 0.3) is 11.6 Å². The van der Waals surface area contributed by atoms with Crippen molar-refractivity contribution in [3.8, 4) is 0 Å². The average molecular weight is 339 g/mol. The number of rotatable bonds is 5. The molecule has 130 valence electrons. The molecule has 0 amide bonds. The van der Waals surface area contributed by atoms with E-state index in [1.165, 1.54) is 0 Å². The van der Waals surface area contributed by atoms with E-state index in [0.717, 1.165) is 23.7 Å². The van der Waals surface area contributed by atoms with E-state index in [2.05, 4.69) is 30.4 Å². The molecule has 0 N–H and O–H groups in total. The van der Waals surface area contributed by atoms with Crippen molar-refractivity contribution in [3.63, 3.8) is 0 Å². The lowest BCUT2D eigenvalue weighted by Crippen LogP contribution is -2.45. The van der Waals surface area contributed by atoms with Crippen LogP contribution in [0.2, 0.25) is 0 Å². The highest BCUT2D eigenvalue weighted by molar-refractivity contribution is 6.31. The van der Waals surface area contributed by atoms with Gasteiger partial charge >= 0.3 is 12.4 Å². The Labute approximate surface area is 146 Å². The van der Waals surface area contributed by atoms with Crippen molar-refractivity contribution in [1.82, 2.24) is 0 Å². The zero-order chi connectivity index (χ0) is 18.6. The molecule has 7 nitrogen and oxygen atoms in total. The van der Waals surface area contributed by atoms with Gasteiger partial charge in [0.1, 0.15) is 12.1 Å². The highest BCUT2D eigenvalue weighted by atomic mass is 16.1. The van der Waals surface area contributed by atoms with Crippen molar-refractivity contribution in [1.29, 1.82) is 0 Å². The predicted octanol–water partition coefficient (Wildman–Crippen LogP) is 2.06. The van der Waals surface area contributed by atoms with Gasteiger partial charge in [0.05, 0.1) is 0 Å². The third kappa shape index (κ3) is 3.97. The summed E-state index contributed by atoms with van der Waals surface area (Å²) in [6.07, 6.45) is 2.60. The summed E-state index contributed by atoms with van der Waals surface area (Å²) in [7, 11) is 0. The zero-order valence-corrected chi connectivity index (χ0v) is 14.6. The number of carbonyl (C=O) groups is 2. The van der Waals surface area contributed by atoms with Gasteiger partial charge in [-0.25, -0.2) is 0 Å². The monoisotopic (exact) mass is 339 g/mol. The molecular formula is C18H21N5O2. The first-order chi connectivity index (χ1) is 11.8. The lowest BCUT2D eigenvalue weighted by molar-refractivity contribution is -0.117. The maximum atomic E-state index is 12.2.